The lowest BCUT2D eigenvalue weighted by Gasteiger charge is -2.25. The minimum Gasteiger partial charge on any atom is -0.504 e. The molecule has 0 saturated heterocycles. The zero-order valence-corrected chi connectivity index (χ0v) is 13.3. The summed E-state index contributed by atoms with van der Waals surface area (Å²) in [5.41, 5.74) is 0.264. The second-order valence-electron chi connectivity index (χ2n) is 4.31. The van der Waals surface area contributed by atoms with E-state index in [1.807, 2.05) is 0 Å². The van der Waals surface area contributed by atoms with Gasteiger partial charge in [-0.15, -0.1) is 0 Å². The molecule has 110 valence electrons. The molecule has 0 amide bonds. The minimum absolute atomic E-state index is 0.0391. The number of benzene rings is 2. The molecule has 0 unspecified atom stereocenters. The third-order valence-corrected chi connectivity index (χ3v) is 4.63. The number of aromatic hydroxyl groups is 2. The number of phenols is 2. The first-order valence-corrected chi connectivity index (χ1v) is 7.11. The van der Waals surface area contributed by atoms with E-state index < -0.39 is 11.5 Å². The Balaban J connectivity index is 2.27. The van der Waals surface area contributed by atoms with Gasteiger partial charge in [-0.05, 0) is 6.92 Å². The van der Waals surface area contributed by atoms with E-state index in [0.717, 1.165) is 0 Å². The summed E-state index contributed by atoms with van der Waals surface area (Å²) in [6, 6.07) is 1.44. The number of ether oxygens (including phenoxy) is 2. The molecule has 0 spiro atoms. The molecule has 2 aromatic carbocycles. The number of phenolic OH excluding ortho intramolecular Hbond substituents is 2. The fourth-order valence-corrected chi connectivity index (χ4v) is 2.75. The average Bonchev–Trinajstić information content (AvgIpc) is 2.47. The van der Waals surface area contributed by atoms with Crippen molar-refractivity contribution >= 4 is 46.4 Å². The van der Waals surface area contributed by atoms with Crippen LogP contribution in [0.5, 0.6) is 34.5 Å². The molecule has 4 nitrogen and oxygen atoms in total. The van der Waals surface area contributed by atoms with Crippen molar-refractivity contribution in [2.24, 2.45) is 0 Å². The zero-order chi connectivity index (χ0) is 15.5. The van der Waals surface area contributed by atoms with Crippen molar-refractivity contribution in [1.82, 2.24) is 0 Å². The molecule has 0 aromatic heterocycles. The fraction of sp³-hybridized carbons (Fsp3) is 0.0769. The second kappa shape index (κ2) is 4.92. The molecule has 1 aliphatic rings. The van der Waals surface area contributed by atoms with Gasteiger partial charge >= 0.3 is 0 Å². The van der Waals surface area contributed by atoms with Crippen LogP contribution in [0.15, 0.2) is 6.07 Å². The highest BCUT2D eigenvalue weighted by Crippen LogP contribution is 2.59. The summed E-state index contributed by atoms with van der Waals surface area (Å²) in [7, 11) is 0. The van der Waals surface area contributed by atoms with Gasteiger partial charge in [-0.2, -0.15) is 0 Å². The van der Waals surface area contributed by atoms with E-state index in [2.05, 4.69) is 0 Å². The summed E-state index contributed by atoms with van der Waals surface area (Å²) < 4.78 is 11.2. The average molecular weight is 368 g/mol. The molecular formula is C13H6Cl4O4. The van der Waals surface area contributed by atoms with Crippen molar-refractivity contribution in [3.05, 3.63) is 31.7 Å². The maximum atomic E-state index is 9.80. The molecule has 2 aromatic rings. The normalized spacial score (nSPS) is 12.2. The van der Waals surface area contributed by atoms with Crippen LogP contribution in [0.3, 0.4) is 0 Å². The Morgan fingerprint density at radius 2 is 1.48 bits per heavy atom. The maximum Gasteiger partial charge on any atom is 0.193 e. The summed E-state index contributed by atoms with van der Waals surface area (Å²) >= 11 is 23.9. The van der Waals surface area contributed by atoms with E-state index in [0.29, 0.717) is 0 Å². The summed E-state index contributed by atoms with van der Waals surface area (Å²) in [4.78, 5) is 0. The van der Waals surface area contributed by atoms with Crippen LogP contribution in [0.4, 0.5) is 0 Å². The fourth-order valence-electron chi connectivity index (χ4n) is 1.92. The summed E-state index contributed by atoms with van der Waals surface area (Å²) in [6.07, 6.45) is 0. The second-order valence-corrected chi connectivity index (χ2v) is 5.85. The molecule has 0 radical (unpaired) electrons. The van der Waals surface area contributed by atoms with Crippen LogP contribution in [-0.2, 0) is 0 Å². The summed E-state index contributed by atoms with van der Waals surface area (Å²) in [5, 5.41) is 19.7. The lowest BCUT2D eigenvalue weighted by Crippen LogP contribution is -2.03. The van der Waals surface area contributed by atoms with Crippen molar-refractivity contribution < 1.29 is 19.7 Å². The zero-order valence-electron chi connectivity index (χ0n) is 10.3. The van der Waals surface area contributed by atoms with Crippen LogP contribution in [0, 0.1) is 6.92 Å². The first-order chi connectivity index (χ1) is 9.82. The minimum atomic E-state index is -0.504. The van der Waals surface area contributed by atoms with Gasteiger partial charge in [0.05, 0.1) is 10.0 Å². The van der Waals surface area contributed by atoms with Gasteiger partial charge in [0.25, 0.3) is 0 Å². The van der Waals surface area contributed by atoms with Crippen LogP contribution in [0.1, 0.15) is 5.56 Å². The molecule has 3 rings (SSSR count). The number of hydrogen-bond donors (Lipinski definition) is 2. The third kappa shape index (κ3) is 2.06. The number of hydrogen-bond acceptors (Lipinski definition) is 4. The molecular weight excluding hydrogens is 362 g/mol. The van der Waals surface area contributed by atoms with E-state index in [9.17, 15) is 10.2 Å². The first kappa shape index (κ1) is 14.7. The highest BCUT2D eigenvalue weighted by Gasteiger charge is 2.31. The van der Waals surface area contributed by atoms with E-state index in [1.54, 1.807) is 0 Å². The molecule has 0 bridgehead atoms. The highest BCUT2D eigenvalue weighted by molar-refractivity contribution is 6.49. The summed E-state index contributed by atoms with van der Waals surface area (Å²) in [5.74, 6) is -0.335. The molecule has 21 heavy (non-hydrogen) atoms. The van der Waals surface area contributed by atoms with Gasteiger partial charge < -0.3 is 19.7 Å². The number of fused-ring (bicyclic) bond motifs is 2. The van der Waals surface area contributed by atoms with E-state index in [1.165, 1.54) is 13.0 Å². The van der Waals surface area contributed by atoms with Gasteiger partial charge in [0.2, 0.25) is 0 Å². The van der Waals surface area contributed by atoms with Crippen molar-refractivity contribution in [2.75, 3.05) is 0 Å². The van der Waals surface area contributed by atoms with Gasteiger partial charge in [-0.3, -0.25) is 0 Å². The van der Waals surface area contributed by atoms with Crippen LogP contribution in [0.25, 0.3) is 0 Å². The quantitative estimate of drug-likeness (QED) is 0.382. The molecule has 0 atom stereocenters. The van der Waals surface area contributed by atoms with Crippen LogP contribution in [-0.4, -0.2) is 10.2 Å². The van der Waals surface area contributed by atoms with Crippen LogP contribution < -0.4 is 9.47 Å². The summed E-state index contributed by atoms with van der Waals surface area (Å²) in [6.45, 7) is 1.54. The number of rotatable bonds is 0. The van der Waals surface area contributed by atoms with Crippen molar-refractivity contribution in [1.29, 1.82) is 0 Å². The Labute approximate surface area is 139 Å². The SMILES string of the molecule is Cc1c(O)c(O)c(Cl)c2c1Oc1cc(Cl)c(Cl)c(Cl)c1O2. The molecule has 1 aliphatic heterocycles. The van der Waals surface area contributed by atoms with Crippen LogP contribution in [0.2, 0.25) is 20.1 Å². The van der Waals surface area contributed by atoms with Crippen molar-refractivity contribution in [3.8, 4) is 34.5 Å². The third-order valence-electron chi connectivity index (χ3n) is 3.03. The first-order valence-electron chi connectivity index (χ1n) is 5.60. The monoisotopic (exact) mass is 366 g/mol. The maximum absolute atomic E-state index is 9.80. The molecule has 8 heteroatoms. The lowest BCUT2D eigenvalue weighted by molar-refractivity contribution is 0.343. The Morgan fingerprint density at radius 3 is 2.14 bits per heavy atom. The Morgan fingerprint density at radius 1 is 0.810 bits per heavy atom. The van der Waals surface area contributed by atoms with E-state index in [4.69, 9.17) is 55.9 Å². The van der Waals surface area contributed by atoms with Gasteiger partial charge in [0, 0.05) is 11.6 Å². The highest BCUT2D eigenvalue weighted by atomic mass is 35.5. The standard InChI is InChI=1S/C13H6Cl4O4/c1-3-9(18)10(19)8(17)13-11(3)20-5-2-4(14)6(15)7(16)12(5)21-13/h2,18-19H,1H3. The topological polar surface area (TPSA) is 58.9 Å². The molecule has 0 saturated carbocycles. The molecule has 0 aliphatic carbocycles. The predicted molar refractivity (Wildman–Crippen MR) is 81.1 cm³/mol. The van der Waals surface area contributed by atoms with Crippen molar-refractivity contribution in [3.63, 3.8) is 0 Å². The Hall–Kier alpha value is -1.20. The smallest absolute Gasteiger partial charge is 0.193 e. The largest absolute Gasteiger partial charge is 0.504 e. The predicted octanol–water partition coefficient (Wildman–Crippen LogP) is 5.92. The van der Waals surface area contributed by atoms with Gasteiger partial charge in [0.1, 0.15) is 10.0 Å². The van der Waals surface area contributed by atoms with E-state index in [-0.39, 0.29) is 48.7 Å². The molecule has 0 fully saturated rings. The Kier molecular flexibility index (Phi) is 3.45. The molecule has 1 heterocycles. The van der Waals surface area contributed by atoms with Crippen molar-refractivity contribution in [2.45, 2.75) is 6.92 Å². The number of halogens is 4. The molecule has 2 N–H and O–H groups in total. The van der Waals surface area contributed by atoms with Gasteiger partial charge in [-0.1, -0.05) is 46.4 Å². The lowest BCUT2D eigenvalue weighted by atomic mass is 10.1. The van der Waals surface area contributed by atoms with Crippen LogP contribution >= 0.6 is 46.4 Å². The van der Waals surface area contributed by atoms with Gasteiger partial charge in [-0.25, -0.2) is 0 Å². The van der Waals surface area contributed by atoms with E-state index >= 15 is 0 Å². The van der Waals surface area contributed by atoms with Gasteiger partial charge in [0.15, 0.2) is 34.5 Å². The Bertz CT molecular complexity index is 789.